The highest BCUT2D eigenvalue weighted by Crippen LogP contribution is 2.22. The first kappa shape index (κ1) is 21.0. The minimum absolute atomic E-state index is 0.0308. The number of amides is 2. The van der Waals surface area contributed by atoms with Crippen LogP contribution in [0.4, 0.5) is 11.4 Å². The maximum Gasteiger partial charge on any atom is 0.251 e. The van der Waals surface area contributed by atoms with Gasteiger partial charge in [0, 0.05) is 47.2 Å². The van der Waals surface area contributed by atoms with E-state index in [1.54, 1.807) is 49.6 Å². The van der Waals surface area contributed by atoms with E-state index in [0.717, 1.165) is 6.42 Å². The Morgan fingerprint density at radius 2 is 1.78 bits per heavy atom. The first-order chi connectivity index (χ1) is 13.0. The Bertz CT molecular complexity index is 779. The number of benzene rings is 2. The van der Waals surface area contributed by atoms with Gasteiger partial charge in [-0.15, -0.1) is 0 Å². The fourth-order valence-corrected chi connectivity index (χ4v) is 2.83. The molecule has 2 amide bonds. The van der Waals surface area contributed by atoms with Crippen molar-refractivity contribution in [2.45, 2.75) is 6.42 Å². The predicted octanol–water partition coefficient (Wildman–Crippen LogP) is 3.81. The summed E-state index contributed by atoms with van der Waals surface area (Å²) in [6.45, 7) is 1.16. The van der Waals surface area contributed by atoms with Gasteiger partial charge < -0.3 is 20.7 Å². The van der Waals surface area contributed by atoms with Gasteiger partial charge in [-0.3, -0.25) is 9.59 Å². The Kier molecular flexibility index (Phi) is 8.39. The molecule has 0 unspecified atom stereocenters. The molecular weight excluding hydrogens is 389 g/mol. The lowest BCUT2D eigenvalue weighted by Gasteiger charge is -2.10. The fraction of sp³-hybridized carbons (Fsp3) is 0.263. The molecule has 0 spiro atoms. The van der Waals surface area contributed by atoms with Crippen molar-refractivity contribution in [3.05, 3.63) is 58.1 Å². The van der Waals surface area contributed by atoms with Crippen molar-refractivity contribution >= 4 is 46.4 Å². The van der Waals surface area contributed by atoms with E-state index in [1.807, 2.05) is 0 Å². The summed E-state index contributed by atoms with van der Waals surface area (Å²) in [6, 6.07) is 11.7. The minimum Gasteiger partial charge on any atom is -0.385 e. The van der Waals surface area contributed by atoms with Crippen LogP contribution in [-0.2, 0) is 9.53 Å². The second kappa shape index (κ2) is 10.8. The van der Waals surface area contributed by atoms with Gasteiger partial charge in [-0.25, -0.2) is 0 Å². The van der Waals surface area contributed by atoms with Crippen molar-refractivity contribution in [1.29, 1.82) is 0 Å². The number of nitrogens with one attached hydrogen (secondary N) is 3. The number of anilines is 2. The summed E-state index contributed by atoms with van der Waals surface area (Å²) < 4.78 is 4.94. The number of hydrogen-bond donors (Lipinski definition) is 3. The lowest BCUT2D eigenvalue weighted by molar-refractivity contribution is -0.114. The molecule has 8 heteroatoms. The van der Waals surface area contributed by atoms with Gasteiger partial charge in [0.1, 0.15) is 0 Å². The zero-order valence-corrected chi connectivity index (χ0v) is 16.4. The SMILES string of the molecule is COCCCNC(=O)c1cccc(NCC(=O)Nc2cc(Cl)cc(Cl)c2)c1. The highest BCUT2D eigenvalue weighted by atomic mass is 35.5. The van der Waals surface area contributed by atoms with Gasteiger partial charge in [0.05, 0.1) is 6.54 Å². The van der Waals surface area contributed by atoms with Gasteiger partial charge in [-0.2, -0.15) is 0 Å². The third-order valence-corrected chi connectivity index (χ3v) is 3.97. The zero-order valence-electron chi connectivity index (χ0n) is 14.9. The second-order valence-electron chi connectivity index (χ2n) is 5.74. The lowest BCUT2D eigenvalue weighted by atomic mass is 10.2. The minimum atomic E-state index is -0.261. The maximum atomic E-state index is 12.1. The Morgan fingerprint density at radius 3 is 2.48 bits per heavy atom. The Hall–Kier alpha value is -2.28. The van der Waals surface area contributed by atoms with Crippen LogP contribution in [0, 0.1) is 0 Å². The maximum absolute atomic E-state index is 12.1. The monoisotopic (exact) mass is 409 g/mol. The number of halogens is 2. The van der Waals surface area contributed by atoms with Gasteiger partial charge in [-0.1, -0.05) is 29.3 Å². The van der Waals surface area contributed by atoms with Crippen LogP contribution in [-0.4, -0.2) is 38.6 Å². The van der Waals surface area contributed by atoms with E-state index >= 15 is 0 Å². The summed E-state index contributed by atoms with van der Waals surface area (Å²) in [5, 5.41) is 9.39. The average Bonchev–Trinajstić information content (AvgIpc) is 2.63. The topological polar surface area (TPSA) is 79.5 Å². The average molecular weight is 410 g/mol. The number of hydrogen-bond acceptors (Lipinski definition) is 4. The van der Waals surface area contributed by atoms with Gasteiger partial charge >= 0.3 is 0 Å². The number of carbonyl (C=O) groups excluding carboxylic acids is 2. The Balaban J connectivity index is 1.86. The molecule has 0 radical (unpaired) electrons. The van der Waals surface area contributed by atoms with E-state index in [2.05, 4.69) is 16.0 Å². The van der Waals surface area contributed by atoms with Crippen LogP contribution in [0.25, 0.3) is 0 Å². The quantitative estimate of drug-likeness (QED) is 0.550. The molecule has 2 aromatic carbocycles. The summed E-state index contributed by atoms with van der Waals surface area (Å²) in [5.74, 6) is -0.435. The van der Waals surface area contributed by atoms with E-state index in [4.69, 9.17) is 27.9 Å². The van der Waals surface area contributed by atoms with Crippen LogP contribution in [0.5, 0.6) is 0 Å². The smallest absolute Gasteiger partial charge is 0.251 e. The van der Waals surface area contributed by atoms with E-state index in [9.17, 15) is 9.59 Å². The standard InChI is InChI=1S/C19H21Cl2N3O3/c1-27-7-3-6-22-19(26)13-4-2-5-16(8-13)23-12-18(25)24-17-10-14(20)9-15(21)11-17/h2,4-5,8-11,23H,3,6-7,12H2,1H3,(H,22,26)(H,24,25). The number of ether oxygens (including phenoxy) is 1. The van der Waals surface area contributed by atoms with Crippen LogP contribution in [0.3, 0.4) is 0 Å². The van der Waals surface area contributed by atoms with Crippen LogP contribution in [0.1, 0.15) is 16.8 Å². The number of rotatable bonds is 9. The number of methoxy groups -OCH3 is 1. The second-order valence-corrected chi connectivity index (χ2v) is 6.62. The third-order valence-electron chi connectivity index (χ3n) is 3.53. The first-order valence-corrected chi connectivity index (χ1v) is 9.10. The summed E-state index contributed by atoms with van der Waals surface area (Å²) in [4.78, 5) is 24.2. The van der Waals surface area contributed by atoms with Crippen molar-refractivity contribution in [1.82, 2.24) is 5.32 Å². The molecule has 2 aromatic rings. The molecule has 144 valence electrons. The molecular formula is C19H21Cl2N3O3. The molecule has 2 rings (SSSR count). The summed E-state index contributed by atoms with van der Waals surface area (Å²) in [5.41, 5.74) is 1.70. The molecule has 0 aliphatic heterocycles. The number of carbonyl (C=O) groups is 2. The molecule has 6 nitrogen and oxygen atoms in total. The van der Waals surface area contributed by atoms with Crippen LogP contribution >= 0.6 is 23.2 Å². The Morgan fingerprint density at radius 1 is 1.04 bits per heavy atom. The van der Waals surface area contributed by atoms with E-state index in [0.29, 0.717) is 40.1 Å². The molecule has 0 aliphatic carbocycles. The van der Waals surface area contributed by atoms with Gasteiger partial charge in [0.15, 0.2) is 0 Å². The molecule has 27 heavy (non-hydrogen) atoms. The highest BCUT2D eigenvalue weighted by molar-refractivity contribution is 6.35. The molecule has 0 atom stereocenters. The third kappa shape index (κ3) is 7.46. The predicted molar refractivity (Wildman–Crippen MR) is 109 cm³/mol. The summed E-state index contributed by atoms with van der Waals surface area (Å²) >= 11 is 11.8. The van der Waals surface area contributed by atoms with Gasteiger partial charge in [-0.05, 0) is 42.8 Å². The molecule has 0 fully saturated rings. The Labute approximate surface area is 168 Å². The van der Waals surface area contributed by atoms with Crippen LogP contribution < -0.4 is 16.0 Å². The van der Waals surface area contributed by atoms with Crippen molar-refractivity contribution in [3.8, 4) is 0 Å². The van der Waals surface area contributed by atoms with E-state index < -0.39 is 0 Å². The van der Waals surface area contributed by atoms with E-state index in [-0.39, 0.29) is 18.4 Å². The molecule has 0 saturated carbocycles. The highest BCUT2D eigenvalue weighted by Gasteiger charge is 2.07. The largest absolute Gasteiger partial charge is 0.385 e. The molecule has 3 N–H and O–H groups in total. The fourth-order valence-electron chi connectivity index (χ4n) is 2.30. The normalized spacial score (nSPS) is 10.3. The van der Waals surface area contributed by atoms with Gasteiger partial charge in [0.2, 0.25) is 5.91 Å². The van der Waals surface area contributed by atoms with Crippen molar-refractivity contribution in [2.24, 2.45) is 0 Å². The van der Waals surface area contributed by atoms with Gasteiger partial charge in [0.25, 0.3) is 5.91 Å². The van der Waals surface area contributed by atoms with Crippen molar-refractivity contribution < 1.29 is 14.3 Å². The first-order valence-electron chi connectivity index (χ1n) is 8.35. The van der Waals surface area contributed by atoms with Crippen LogP contribution in [0.2, 0.25) is 10.0 Å². The van der Waals surface area contributed by atoms with Crippen molar-refractivity contribution in [3.63, 3.8) is 0 Å². The zero-order chi connectivity index (χ0) is 19.6. The molecule has 0 saturated heterocycles. The molecule has 0 heterocycles. The summed E-state index contributed by atoms with van der Waals surface area (Å²) in [6.07, 6.45) is 0.744. The van der Waals surface area contributed by atoms with E-state index in [1.165, 1.54) is 0 Å². The molecule has 0 aliphatic rings. The summed E-state index contributed by atoms with van der Waals surface area (Å²) in [7, 11) is 1.62. The lowest BCUT2D eigenvalue weighted by Crippen LogP contribution is -2.25. The molecule has 0 aromatic heterocycles. The molecule has 0 bridgehead atoms. The van der Waals surface area contributed by atoms with Crippen molar-refractivity contribution in [2.75, 3.05) is 37.4 Å². The van der Waals surface area contributed by atoms with Crippen LogP contribution in [0.15, 0.2) is 42.5 Å².